The van der Waals surface area contributed by atoms with Crippen LogP contribution in [0.3, 0.4) is 0 Å². The van der Waals surface area contributed by atoms with E-state index >= 15 is 0 Å². The predicted molar refractivity (Wildman–Crippen MR) is 84.9 cm³/mol. The number of nitrogens with zero attached hydrogens (tertiary/aromatic N) is 3. The Hall–Kier alpha value is -3.06. The highest BCUT2D eigenvalue weighted by atomic mass is 16.5. The van der Waals surface area contributed by atoms with Gasteiger partial charge in [-0.2, -0.15) is 10.5 Å². The number of hydrogen-bond donors (Lipinski definition) is 0. The molecule has 0 N–H and O–H groups in total. The Morgan fingerprint density at radius 2 is 1.75 bits per heavy atom. The Morgan fingerprint density at radius 1 is 1.12 bits per heavy atom. The number of carbonyl (C=O) groups excluding carboxylic acids is 2. The van der Waals surface area contributed by atoms with Crippen LogP contribution in [0.15, 0.2) is 24.3 Å². The first kappa shape index (κ1) is 19.0. The van der Waals surface area contributed by atoms with E-state index in [4.69, 9.17) is 20.0 Å². The van der Waals surface area contributed by atoms with Crippen molar-refractivity contribution in [3.8, 4) is 17.9 Å². The van der Waals surface area contributed by atoms with Crippen molar-refractivity contribution in [2.24, 2.45) is 0 Å². The number of ether oxygens (including phenoxy) is 2. The first-order valence-electron chi connectivity index (χ1n) is 7.54. The third-order valence-electron chi connectivity index (χ3n) is 3.07. The molecule has 0 spiro atoms. The normalized spacial score (nSPS) is 9.46. The standard InChI is InChI=1S/C17H19N3O4/c1-2-23-15-8-4-3-7-14(15)17(22)24-13-16(21)20(11-5-9-18)12-6-10-19/h3-4,7-8H,2,5-6,11-13H2,1H3. The summed E-state index contributed by atoms with van der Waals surface area (Å²) < 4.78 is 10.4. The number of esters is 1. The Balaban J connectivity index is 2.66. The molecule has 0 aliphatic heterocycles. The Labute approximate surface area is 141 Å². The molecule has 1 aromatic rings. The lowest BCUT2D eigenvalue weighted by atomic mass is 10.2. The van der Waals surface area contributed by atoms with Crippen LogP contribution in [0.4, 0.5) is 0 Å². The molecule has 24 heavy (non-hydrogen) atoms. The van der Waals surface area contributed by atoms with Gasteiger partial charge in [-0.15, -0.1) is 0 Å². The topological polar surface area (TPSA) is 103 Å². The van der Waals surface area contributed by atoms with E-state index in [0.29, 0.717) is 12.4 Å². The summed E-state index contributed by atoms with van der Waals surface area (Å²) in [5.41, 5.74) is 0.243. The van der Waals surface area contributed by atoms with Crippen LogP contribution in [0, 0.1) is 22.7 Å². The number of benzene rings is 1. The highest BCUT2D eigenvalue weighted by Crippen LogP contribution is 2.18. The van der Waals surface area contributed by atoms with Gasteiger partial charge in [0, 0.05) is 13.1 Å². The molecule has 0 atom stereocenters. The van der Waals surface area contributed by atoms with E-state index in [0.717, 1.165) is 0 Å². The predicted octanol–water partition coefficient (Wildman–Crippen LogP) is 1.90. The molecule has 0 unspecified atom stereocenters. The molecule has 0 saturated carbocycles. The average Bonchev–Trinajstić information content (AvgIpc) is 2.60. The summed E-state index contributed by atoms with van der Waals surface area (Å²) >= 11 is 0. The number of nitriles is 2. The number of amides is 1. The van der Waals surface area contributed by atoms with Gasteiger partial charge in [-0.3, -0.25) is 4.79 Å². The van der Waals surface area contributed by atoms with E-state index < -0.39 is 18.5 Å². The van der Waals surface area contributed by atoms with Crippen molar-refractivity contribution in [1.82, 2.24) is 4.90 Å². The van der Waals surface area contributed by atoms with E-state index in [2.05, 4.69) is 0 Å². The lowest BCUT2D eigenvalue weighted by Crippen LogP contribution is -2.36. The van der Waals surface area contributed by atoms with E-state index in [9.17, 15) is 9.59 Å². The number of para-hydroxylation sites is 1. The molecule has 1 amide bonds. The van der Waals surface area contributed by atoms with Crippen molar-refractivity contribution in [3.05, 3.63) is 29.8 Å². The fourth-order valence-corrected chi connectivity index (χ4v) is 1.94. The lowest BCUT2D eigenvalue weighted by molar-refractivity contribution is -0.134. The van der Waals surface area contributed by atoms with Crippen LogP contribution >= 0.6 is 0 Å². The minimum atomic E-state index is -0.659. The molecule has 0 aliphatic carbocycles. The smallest absolute Gasteiger partial charge is 0.342 e. The van der Waals surface area contributed by atoms with Gasteiger partial charge >= 0.3 is 5.97 Å². The first-order chi connectivity index (χ1) is 11.6. The minimum absolute atomic E-state index is 0.151. The van der Waals surface area contributed by atoms with Crippen molar-refractivity contribution in [3.63, 3.8) is 0 Å². The molecule has 7 heteroatoms. The summed E-state index contributed by atoms with van der Waals surface area (Å²) in [4.78, 5) is 25.6. The molecule has 0 aromatic heterocycles. The molecule has 126 valence electrons. The molecular formula is C17H19N3O4. The van der Waals surface area contributed by atoms with Crippen molar-refractivity contribution in [1.29, 1.82) is 10.5 Å². The van der Waals surface area contributed by atoms with Gasteiger partial charge in [-0.05, 0) is 19.1 Å². The van der Waals surface area contributed by atoms with Crippen LogP contribution in [0.5, 0.6) is 5.75 Å². The van der Waals surface area contributed by atoms with E-state index in [-0.39, 0.29) is 31.5 Å². The maximum atomic E-state index is 12.1. The third-order valence-corrected chi connectivity index (χ3v) is 3.07. The van der Waals surface area contributed by atoms with Gasteiger partial charge in [0.15, 0.2) is 6.61 Å². The summed E-state index contributed by atoms with van der Waals surface area (Å²) in [6.45, 7) is 2.15. The first-order valence-corrected chi connectivity index (χ1v) is 7.54. The van der Waals surface area contributed by atoms with Crippen molar-refractivity contribution in [2.45, 2.75) is 19.8 Å². The quantitative estimate of drug-likeness (QED) is 0.641. The van der Waals surface area contributed by atoms with Gasteiger partial charge in [0.05, 0.1) is 31.6 Å². The third kappa shape index (κ3) is 5.98. The van der Waals surface area contributed by atoms with E-state index in [1.54, 1.807) is 31.2 Å². The van der Waals surface area contributed by atoms with Gasteiger partial charge in [-0.25, -0.2) is 4.79 Å². The largest absolute Gasteiger partial charge is 0.493 e. The van der Waals surface area contributed by atoms with Gasteiger partial charge in [0.2, 0.25) is 0 Å². The molecule has 1 rings (SSSR count). The number of rotatable bonds is 9. The summed E-state index contributed by atoms with van der Waals surface area (Å²) in [5, 5.41) is 17.2. The molecule has 0 heterocycles. The van der Waals surface area contributed by atoms with Crippen LogP contribution in [-0.4, -0.2) is 43.1 Å². The van der Waals surface area contributed by atoms with Gasteiger partial charge in [-0.1, -0.05) is 12.1 Å². The highest BCUT2D eigenvalue weighted by Gasteiger charge is 2.18. The van der Waals surface area contributed by atoms with Crippen molar-refractivity contribution >= 4 is 11.9 Å². The van der Waals surface area contributed by atoms with Gasteiger partial charge in [0.1, 0.15) is 11.3 Å². The molecule has 0 fully saturated rings. The zero-order chi connectivity index (χ0) is 17.8. The molecule has 1 aromatic carbocycles. The summed E-state index contributed by atoms with van der Waals surface area (Å²) in [7, 11) is 0. The fourth-order valence-electron chi connectivity index (χ4n) is 1.94. The zero-order valence-electron chi connectivity index (χ0n) is 13.5. The molecule has 0 radical (unpaired) electrons. The highest BCUT2D eigenvalue weighted by molar-refractivity contribution is 5.94. The lowest BCUT2D eigenvalue weighted by Gasteiger charge is -2.20. The summed E-state index contributed by atoms with van der Waals surface area (Å²) in [6, 6.07) is 10.5. The molecule has 0 aliphatic rings. The maximum absolute atomic E-state index is 12.1. The Kier molecular flexibility index (Phi) is 8.41. The van der Waals surface area contributed by atoms with Crippen LogP contribution in [0.25, 0.3) is 0 Å². The van der Waals surface area contributed by atoms with E-state index in [1.807, 2.05) is 12.1 Å². The Bertz CT molecular complexity index is 628. The zero-order valence-corrected chi connectivity index (χ0v) is 13.5. The van der Waals surface area contributed by atoms with E-state index in [1.165, 1.54) is 4.90 Å². The van der Waals surface area contributed by atoms with Crippen molar-refractivity contribution in [2.75, 3.05) is 26.3 Å². The second-order valence-corrected chi connectivity index (χ2v) is 4.70. The maximum Gasteiger partial charge on any atom is 0.342 e. The molecular weight excluding hydrogens is 310 g/mol. The van der Waals surface area contributed by atoms with Crippen LogP contribution in [0.1, 0.15) is 30.1 Å². The molecule has 7 nitrogen and oxygen atoms in total. The number of carbonyl (C=O) groups is 2. The SMILES string of the molecule is CCOc1ccccc1C(=O)OCC(=O)N(CCC#N)CCC#N. The second kappa shape index (κ2) is 10.6. The molecule has 0 bridgehead atoms. The second-order valence-electron chi connectivity index (χ2n) is 4.70. The average molecular weight is 329 g/mol. The van der Waals surface area contributed by atoms with Crippen LogP contribution < -0.4 is 4.74 Å². The van der Waals surface area contributed by atoms with Gasteiger partial charge in [0.25, 0.3) is 5.91 Å². The summed E-state index contributed by atoms with van der Waals surface area (Å²) in [6.07, 6.45) is 0.302. The van der Waals surface area contributed by atoms with Crippen LogP contribution in [0.2, 0.25) is 0 Å². The van der Waals surface area contributed by atoms with Gasteiger partial charge < -0.3 is 14.4 Å². The minimum Gasteiger partial charge on any atom is -0.493 e. The Morgan fingerprint density at radius 3 is 2.33 bits per heavy atom. The summed E-state index contributed by atoms with van der Waals surface area (Å²) in [5.74, 6) is -0.709. The van der Waals surface area contributed by atoms with Crippen molar-refractivity contribution < 1.29 is 19.1 Å². The monoisotopic (exact) mass is 329 g/mol. The number of hydrogen-bond acceptors (Lipinski definition) is 6. The fraction of sp³-hybridized carbons (Fsp3) is 0.412. The molecule has 0 saturated heterocycles. The van der Waals surface area contributed by atoms with Crippen LogP contribution in [-0.2, 0) is 9.53 Å².